The molecule has 22 heavy (non-hydrogen) atoms. The van der Waals surface area contributed by atoms with E-state index in [1.165, 1.54) is 0 Å². The van der Waals surface area contributed by atoms with Crippen LogP contribution in [0.25, 0.3) is 0 Å². The summed E-state index contributed by atoms with van der Waals surface area (Å²) in [6.45, 7) is 5.06. The molecule has 3 atom stereocenters. The summed E-state index contributed by atoms with van der Waals surface area (Å²) >= 11 is 0. The lowest BCUT2D eigenvalue weighted by atomic mass is 10.2. The zero-order chi connectivity index (χ0) is 15.4. The normalized spacial score (nSPS) is 27.5. The average Bonchev–Trinajstić information content (AvgIpc) is 3.20. The Bertz CT molecular complexity index is 461. The van der Waals surface area contributed by atoms with E-state index in [-0.39, 0.29) is 12.1 Å². The zero-order valence-electron chi connectivity index (χ0n) is 13.1. The number of β-amino-alcohol motifs (C(OH)–C–C–N with tert-alkyl or cyclic N) is 1. The molecule has 2 saturated heterocycles. The maximum Gasteiger partial charge on any atom is 0.223 e. The van der Waals surface area contributed by atoms with Gasteiger partial charge in [0.1, 0.15) is 0 Å². The van der Waals surface area contributed by atoms with Crippen molar-refractivity contribution in [1.29, 1.82) is 0 Å². The molecular formula is C15H25N3O4. The van der Waals surface area contributed by atoms with Crippen molar-refractivity contribution in [3.63, 3.8) is 0 Å². The van der Waals surface area contributed by atoms with E-state index in [0.717, 1.165) is 44.7 Å². The molecule has 0 saturated carbocycles. The molecule has 3 heterocycles. The molecule has 0 aromatic carbocycles. The van der Waals surface area contributed by atoms with Crippen molar-refractivity contribution in [2.24, 2.45) is 0 Å². The number of aliphatic hydroxyl groups excluding tert-OH is 1. The molecular weight excluding hydrogens is 286 g/mol. The number of rotatable bonds is 7. The fourth-order valence-electron chi connectivity index (χ4n) is 3.22. The van der Waals surface area contributed by atoms with Crippen LogP contribution in [-0.2, 0) is 9.47 Å². The van der Waals surface area contributed by atoms with Crippen molar-refractivity contribution in [2.45, 2.75) is 50.9 Å². The highest BCUT2D eigenvalue weighted by Crippen LogP contribution is 2.30. The first-order valence-corrected chi connectivity index (χ1v) is 8.14. The fraction of sp³-hybridized carbons (Fsp3) is 0.867. The van der Waals surface area contributed by atoms with Gasteiger partial charge in [-0.1, -0.05) is 5.16 Å². The molecule has 1 aromatic heterocycles. The van der Waals surface area contributed by atoms with Crippen molar-refractivity contribution < 1.29 is 19.1 Å². The number of ether oxygens (including phenoxy) is 2. The Morgan fingerprint density at radius 3 is 3.05 bits per heavy atom. The predicted octanol–water partition coefficient (Wildman–Crippen LogP) is 1.07. The molecule has 7 nitrogen and oxygen atoms in total. The van der Waals surface area contributed by atoms with E-state index in [0.29, 0.717) is 25.6 Å². The Balaban J connectivity index is 1.42. The Morgan fingerprint density at radius 2 is 2.32 bits per heavy atom. The predicted molar refractivity (Wildman–Crippen MR) is 78.4 cm³/mol. The molecule has 1 aromatic rings. The highest BCUT2D eigenvalue weighted by Gasteiger charge is 2.31. The molecule has 2 fully saturated rings. The Hall–Kier alpha value is -1.02. The third-order valence-corrected chi connectivity index (χ3v) is 4.29. The first-order valence-electron chi connectivity index (χ1n) is 8.14. The Kier molecular flexibility index (Phi) is 5.41. The quantitative estimate of drug-likeness (QED) is 0.806. The Morgan fingerprint density at radius 1 is 1.41 bits per heavy atom. The summed E-state index contributed by atoms with van der Waals surface area (Å²) in [5.74, 6) is 1.31. The van der Waals surface area contributed by atoms with Crippen LogP contribution in [-0.4, -0.2) is 65.3 Å². The molecule has 3 rings (SSSR count). The third-order valence-electron chi connectivity index (χ3n) is 4.29. The lowest BCUT2D eigenvalue weighted by Gasteiger charge is -2.24. The van der Waals surface area contributed by atoms with E-state index in [1.54, 1.807) is 6.92 Å². The van der Waals surface area contributed by atoms with Gasteiger partial charge in [0, 0.05) is 20.1 Å². The second-order valence-corrected chi connectivity index (χ2v) is 6.15. The number of likely N-dealkylation sites (tertiary alicyclic amines) is 1. The van der Waals surface area contributed by atoms with Crippen LogP contribution < -0.4 is 0 Å². The van der Waals surface area contributed by atoms with Crippen LogP contribution in [0.1, 0.15) is 43.4 Å². The number of hydrogen-bond acceptors (Lipinski definition) is 7. The van der Waals surface area contributed by atoms with Crippen LogP contribution in [0.4, 0.5) is 0 Å². The summed E-state index contributed by atoms with van der Waals surface area (Å²) < 4.78 is 16.1. The second kappa shape index (κ2) is 7.50. The van der Waals surface area contributed by atoms with Gasteiger partial charge in [0.2, 0.25) is 5.89 Å². The van der Waals surface area contributed by atoms with Crippen molar-refractivity contribution >= 4 is 0 Å². The highest BCUT2D eigenvalue weighted by atomic mass is 16.5. The maximum atomic E-state index is 10.2. The monoisotopic (exact) mass is 311 g/mol. The Labute approximate surface area is 130 Å². The molecule has 0 unspecified atom stereocenters. The first-order chi connectivity index (χ1) is 10.7. The van der Waals surface area contributed by atoms with Gasteiger partial charge in [-0.15, -0.1) is 0 Å². The lowest BCUT2D eigenvalue weighted by molar-refractivity contribution is -0.0264. The molecule has 124 valence electrons. The molecule has 0 spiro atoms. The van der Waals surface area contributed by atoms with Crippen LogP contribution >= 0.6 is 0 Å². The van der Waals surface area contributed by atoms with Gasteiger partial charge in [0.25, 0.3) is 0 Å². The molecule has 0 aliphatic carbocycles. The summed E-state index contributed by atoms with van der Waals surface area (Å²) in [5, 5.41) is 14.2. The molecule has 0 amide bonds. The van der Waals surface area contributed by atoms with E-state index < -0.39 is 6.10 Å². The van der Waals surface area contributed by atoms with Crippen LogP contribution in [0.5, 0.6) is 0 Å². The molecule has 2 aliphatic heterocycles. The van der Waals surface area contributed by atoms with Gasteiger partial charge in [-0.3, -0.25) is 4.90 Å². The van der Waals surface area contributed by atoms with Gasteiger partial charge in [0.15, 0.2) is 5.82 Å². The summed E-state index contributed by atoms with van der Waals surface area (Å²) in [4.78, 5) is 6.53. The van der Waals surface area contributed by atoms with Gasteiger partial charge in [-0.25, -0.2) is 0 Å². The minimum Gasteiger partial charge on any atom is -0.389 e. The van der Waals surface area contributed by atoms with E-state index in [9.17, 15) is 5.11 Å². The lowest BCUT2D eigenvalue weighted by Crippen LogP contribution is -2.35. The third kappa shape index (κ3) is 4.04. The van der Waals surface area contributed by atoms with E-state index in [4.69, 9.17) is 14.0 Å². The summed E-state index contributed by atoms with van der Waals surface area (Å²) in [7, 11) is 0. The van der Waals surface area contributed by atoms with Gasteiger partial charge < -0.3 is 19.1 Å². The fourth-order valence-corrected chi connectivity index (χ4v) is 3.22. The van der Waals surface area contributed by atoms with Crippen molar-refractivity contribution in [1.82, 2.24) is 15.0 Å². The largest absolute Gasteiger partial charge is 0.389 e. The maximum absolute atomic E-state index is 10.2. The highest BCUT2D eigenvalue weighted by molar-refractivity contribution is 4.97. The SMILES string of the molecule is Cc1nc([C@@H]2CCCN2C[C@@H](O)COC[C@@H]2CCCO2)no1. The van der Waals surface area contributed by atoms with Crippen molar-refractivity contribution in [3.05, 3.63) is 11.7 Å². The zero-order valence-corrected chi connectivity index (χ0v) is 13.1. The van der Waals surface area contributed by atoms with Crippen LogP contribution in [0.15, 0.2) is 4.52 Å². The van der Waals surface area contributed by atoms with Gasteiger partial charge >= 0.3 is 0 Å². The number of aromatic nitrogens is 2. The topological polar surface area (TPSA) is 80.9 Å². The first kappa shape index (κ1) is 15.9. The summed E-state index contributed by atoms with van der Waals surface area (Å²) in [6.07, 6.45) is 3.95. The number of nitrogens with zero attached hydrogens (tertiary/aromatic N) is 3. The number of aryl methyl sites for hydroxylation is 1. The van der Waals surface area contributed by atoms with Crippen LogP contribution in [0.3, 0.4) is 0 Å². The van der Waals surface area contributed by atoms with Gasteiger partial charge in [-0.05, 0) is 32.2 Å². The van der Waals surface area contributed by atoms with E-state index >= 15 is 0 Å². The van der Waals surface area contributed by atoms with E-state index in [1.807, 2.05) is 0 Å². The molecule has 1 N–H and O–H groups in total. The van der Waals surface area contributed by atoms with Gasteiger partial charge in [0.05, 0.1) is 31.5 Å². The second-order valence-electron chi connectivity index (χ2n) is 6.15. The minimum absolute atomic E-state index is 0.144. The van der Waals surface area contributed by atoms with Crippen LogP contribution in [0, 0.1) is 6.92 Å². The molecule has 0 bridgehead atoms. The van der Waals surface area contributed by atoms with Crippen LogP contribution in [0.2, 0.25) is 0 Å². The molecule has 2 aliphatic rings. The van der Waals surface area contributed by atoms with Gasteiger partial charge in [-0.2, -0.15) is 4.98 Å². The number of hydrogen-bond donors (Lipinski definition) is 1. The van der Waals surface area contributed by atoms with E-state index in [2.05, 4.69) is 15.0 Å². The summed E-state index contributed by atoms with van der Waals surface area (Å²) in [5.41, 5.74) is 0. The number of aliphatic hydroxyl groups is 1. The summed E-state index contributed by atoms with van der Waals surface area (Å²) in [6, 6.07) is 0.144. The molecule has 7 heteroatoms. The molecule has 0 radical (unpaired) electrons. The minimum atomic E-state index is -0.505. The van der Waals surface area contributed by atoms with Crippen molar-refractivity contribution in [2.75, 3.05) is 32.9 Å². The standard InChI is InChI=1S/C15H25N3O4/c1-11-16-15(17-22-11)14-5-2-6-18(14)8-12(19)9-20-10-13-4-3-7-21-13/h12-14,19H,2-10H2,1H3/t12-,13+,14+/m1/s1. The smallest absolute Gasteiger partial charge is 0.223 e. The average molecular weight is 311 g/mol. The van der Waals surface area contributed by atoms with Crippen molar-refractivity contribution in [3.8, 4) is 0 Å².